The van der Waals surface area contributed by atoms with Gasteiger partial charge in [-0.05, 0) is 16.7 Å². The summed E-state index contributed by atoms with van der Waals surface area (Å²) in [7, 11) is 0. The highest BCUT2D eigenvalue weighted by molar-refractivity contribution is 5.47. The van der Waals surface area contributed by atoms with Crippen molar-refractivity contribution in [3.63, 3.8) is 0 Å². The van der Waals surface area contributed by atoms with E-state index in [1.165, 1.54) is 0 Å². The lowest BCUT2D eigenvalue weighted by atomic mass is 9.80. The molecule has 0 atom stereocenters. The van der Waals surface area contributed by atoms with E-state index in [1.807, 2.05) is 54.6 Å². The molecule has 0 amide bonds. The molecule has 3 rings (SSSR count). The summed E-state index contributed by atoms with van der Waals surface area (Å²) < 4.78 is 39.8. The van der Waals surface area contributed by atoms with Gasteiger partial charge in [0.15, 0.2) is 0 Å². The molecule has 7 nitrogen and oxygen atoms in total. The Bertz CT molecular complexity index is 934. The van der Waals surface area contributed by atoms with Crippen LogP contribution in [0, 0.1) is 0 Å². The highest BCUT2D eigenvalue weighted by atomic mass is 16.6. The summed E-state index contributed by atoms with van der Waals surface area (Å²) in [5, 5.41) is 0. The van der Waals surface area contributed by atoms with E-state index < -0.39 is 5.60 Å². The molecule has 222 valence electrons. The van der Waals surface area contributed by atoms with Gasteiger partial charge in [0.1, 0.15) is 5.60 Å². The molecule has 3 aromatic rings. The minimum atomic E-state index is -0.738. The number of ether oxygens (including phenoxy) is 7. The summed E-state index contributed by atoms with van der Waals surface area (Å²) in [5.74, 6) is 0. The molecule has 0 radical (unpaired) electrons. The van der Waals surface area contributed by atoms with Crippen LogP contribution in [0.1, 0.15) is 16.7 Å². The van der Waals surface area contributed by atoms with E-state index in [0.717, 1.165) is 16.7 Å². The van der Waals surface area contributed by atoms with Gasteiger partial charge < -0.3 is 33.2 Å². The fraction of sp³-hybridized carbons (Fsp3) is 0.412. The normalized spacial score (nSPS) is 11.5. The lowest BCUT2D eigenvalue weighted by Crippen LogP contribution is -2.34. The molecular formula is C34H44O7. The van der Waals surface area contributed by atoms with E-state index >= 15 is 0 Å². The Kier molecular flexibility index (Phi) is 16.6. The van der Waals surface area contributed by atoms with Gasteiger partial charge in [-0.25, -0.2) is 0 Å². The SMILES string of the molecule is C=CCOCCOCCOCCOCCOCCOCCOC(c1ccccc1)(c1ccccc1)c1ccccc1. The summed E-state index contributed by atoms with van der Waals surface area (Å²) in [6.07, 6.45) is 1.72. The number of hydrogen-bond donors (Lipinski definition) is 0. The van der Waals surface area contributed by atoms with Crippen molar-refractivity contribution in [2.24, 2.45) is 0 Å². The molecule has 0 aliphatic rings. The Morgan fingerprint density at radius 1 is 0.415 bits per heavy atom. The Labute approximate surface area is 244 Å². The Balaban J connectivity index is 1.29. The number of hydrogen-bond acceptors (Lipinski definition) is 7. The maximum Gasteiger partial charge on any atom is 0.143 e. The molecule has 7 heteroatoms. The van der Waals surface area contributed by atoms with Crippen molar-refractivity contribution in [1.82, 2.24) is 0 Å². The monoisotopic (exact) mass is 564 g/mol. The first-order chi connectivity index (χ1) is 20.4. The summed E-state index contributed by atoms with van der Waals surface area (Å²) in [6.45, 7) is 10.2. The maximum atomic E-state index is 6.71. The molecule has 0 aromatic heterocycles. The van der Waals surface area contributed by atoms with Crippen molar-refractivity contribution in [2.45, 2.75) is 5.60 Å². The summed E-state index contributed by atoms with van der Waals surface area (Å²) >= 11 is 0. The molecule has 41 heavy (non-hydrogen) atoms. The molecule has 0 fully saturated rings. The molecular weight excluding hydrogens is 520 g/mol. The highest BCUT2D eigenvalue weighted by Crippen LogP contribution is 2.40. The largest absolute Gasteiger partial charge is 0.377 e. The van der Waals surface area contributed by atoms with Gasteiger partial charge in [0.05, 0.1) is 85.9 Å². The van der Waals surface area contributed by atoms with Gasteiger partial charge in [-0.2, -0.15) is 0 Å². The van der Waals surface area contributed by atoms with Crippen molar-refractivity contribution < 1.29 is 33.2 Å². The quantitative estimate of drug-likeness (QED) is 0.0833. The fourth-order valence-corrected chi connectivity index (χ4v) is 4.29. The van der Waals surface area contributed by atoms with Crippen LogP contribution < -0.4 is 0 Å². The molecule has 0 N–H and O–H groups in total. The minimum absolute atomic E-state index is 0.427. The summed E-state index contributed by atoms with van der Waals surface area (Å²) in [5.41, 5.74) is 2.48. The molecule has 3 aromatic carbocycles. The minimum Gasteiger partial charge on any atom is -0.377 e. The van der Waals surface area contributed by atoms with E-state index in [2.05, 4.69) is 43.0 Å². The van der Waals surface area contributed by atoms with Crippen molar-refractivity contribution in [1.29, 1.82) is 0 Å². The lowest BCUT2D eigenvalue weighted by molar-refractivity contribution is -0.0394. The maximum absolute atomic E-state index is 6.71. The van der Waals surface area contributed by atoms with Gasteiger partial charge in [-0.15, -0.1) is 6.58 Å². The fourth-order valence-electron chi connectivity index (χ4n) is 4.29. The predicted octanol–water partition coefficient (Wildman–Crippen LogP) is 5.28. The number of rotatable bonds is 24. The van der Waals surface area contributed by atoms with Crippen molar-refractivity contribution in [3.05, 3.63) is 120 Å². The molecule has 0 heterocycles. The number of benzene rings is 3. The average molecular weight is 565 g/mol. The zero-order chi connectivity index (χ0) is 28.7. The molecule has 0 bridgehead atoms. The molecule has 0 spiro atoms. The van der Waals surface area contributed by atoms with Crippen LogP contribution in [0.5, 0.6) is 0 Å². The first-order valence-electron chi connectivity index (χ1n) is 14.3. The smallest absolute Gasteiger partial charge is 0.143 e. The van der Waals surface area contributed by atoms with Gasteiger partial charge in [-0.3, -0.25) is 0 Å². The Morgan fingerprint density at radius 3 is 1.02 bits per heavy atom. The van der Waals surface area contributed by atoms with Crippen LogP contribution in [0.15, 0.2) is 104 Å². The second kappa shape index (κ2) is 20.9. The summed E-state index contributed by atoms with van der Waals surface area (Å²) in [6, 6.07) is 31.0. The third-order valence-corrected chi connectivity index (χ3v) is 6.18. The van der Waals surface area contributed by atoms with Crippen molar-refractivity contribution >= 4 is 0 Å². The van der Waals surface area contributed by atoms with Crippen molar-refractivity contribution in [2.75, 3.05) is 85.9 Å². The Hall–Kier alpha value is -2.88. The molecule has 0 unspecified atom stereocenters. The molecule has 0 saturated carbocycles. The topological polar surface area (TPSA) is 64.6 Å². The van der Waals surface area contributed by atoms with Gasteiger partial charge in [0.2, 0.25) is 0 Å². The van der Waals surface area contributed by atoms with Crippen molar-refractivity contribution in [3.8, 4) is 0 Å². The molecule has 0 aliphatic carbocycles. The first kappa shape index (κ1) is 32.6. The van der Waals surface area contributed by atoms with E-state index in [0.29, 0.717) is 85.9 Å². The predicted molar refractivity (Wildman–Crippen MR) is 160 cm³/mol. The van der Waals surface area contributed by atoms with Crippen LogP contribution in [0.25, 0.3) is 0 Å². The van der Waals surface area contributed by atoms with Gasteiger partial charge in [0.25, 0.3) is 0 Å². The second-order valence-electron chi connectivity index (χ2n) is 9.05. The van der Waals surface area contributed by atoms with Crippen LogP contribution in [-0.2, 0) is 38.8 Å². The second-order valence-corrected chi connectivity index (χ2v) is 9.05. The van der Waals surface area contributed by atoms with Gasteiger partial charge in [0, 0.05) is 0 Å². The van der Waals surface area contributed by atoms with Crippen LogP contribution >= 0.6 is 0 Å². The van der Waals surface area contributed by atoms with E-state index in [1.54, 1.807) is 6.08 Å². The highest BCUT2D eigenvalue weighted by Gasteiger charge is 2.37. The van der Waals surface area contributed by atoms with E-state index in [4.69, 9.17) is 33.2 Å². The standard InChI is InChI=1S/C34H44O7/c1-2-18-35-19-20-36-21-22-37-23-24-38-25-26-39-27-28-40-29-30-41-34(31-12-6-3-7-13-31,32-14-8-4-9-15-32)33-16-10-5-11-17-33/h2-17H,1,18-30H2. The zero-order valence-electron chi connectivity index (χ0n) is 24.0. The van der Waals surface area contributed by atoms with Gasteiger partial charge in [-0.1, -0.05) is 97.1 Å². The molecule has 0 saturated heterocycles. The average Bonchev–Trinajstić information content (AvgIpc) is 3.03. The summed E-state index contributed by atoms with van der Waals surface area (Å²) in [4.78, 5) is 0. The molecule has 0 aliphatic heterocycles. The third-order valence-electron chi connectivity index (χ3n) is 6.18. The third kappa shape index (κ3) is 11.9. The van der Waals surface area contributed by atoms with E-state index in [-0.39, 0.29) is 0 Å². The Morgan fingerprint density at radius 2 is 0.707 bits per heavy atom. The first-order valence-corrected chi connectivity index (χ1v) is 14.3. The lowest BCUT2D eigenvalue weighted by Gasteiger charge is -2.36. The zero-order valence-corrected chi connectivity index (χ0v) is 24.0. The van der Waals surface area contributed by atoms with Crippen LogP contribution in [0.3, 0.4) is 0 Å². The van der Waals surface area contributed by atoms with Crippen LogP contribution in [0.2, 0.25) is 0 Å². The van der Waals surface area contributed by atoms with Crippen LogP contribution in [0.4, 0.5) is 0 Å². The van der Waals surface area contributed by atoms with Crippen LogP contribution in [-0.4, -0.2) is 85.9 Å². The van der Waals surface area contributed by atoms with Gasteiger partial charge >= 0.3 is 0 Å². The van der Waals surface area contributed by atoms with E-state index in [9.17, 15) is 0 Å².